The van der Waals surface area contributed by atoms with Crippen LogP contribution in [0.1, 0.15) is 59.3 Å². The second kappa shape index (κ2) is 4.06. The second-order valence-electron chi connectivity index (χ2n) is 5.73. The van der Waals surface area contributed by atoms with Crippen molar-refractivity contribution in [3.8, 4) is 0 Å². The van der Waals surface area contributed by atoms with Crippen molar-refractivity contribution < 1.29 is 0 Å². The average molecular weight is 210 g/mol. The van der Waals surface area contributed by atoms with Gasteiger partial charge in [0.05, 0.1) is 0 Å². The zero-order valence-electron chi connectivity index (χ0n) is 10.5. The maximum Gasteiger partial charge on any atom is 0.0182 e. The second-order valence-corrected chi connectivity index (χ2v) is 5.73. The summed E-state index contributed by atoms with van der Waals surface area (Å²) in [5.41, 5.74) is 6.54. The third kappa shape index (κ3) is 1.83. The van der Waals surface area contributed by atoms with Crippen LogP contribution in [0.25, 0.3) is 0 Å². The molecule has 2 N–H and O–H groups in total. The molecule has 2 heterocycles. The molecule has 2 bridgehead atoms. The fourth-order valence-electron chi connectivity index (χ4n) is 3.72. The first-order valence-corrected chi connectivity index (χ1v) is 6.64. The minimum atomic E-state index is 0.423. The zero-order chi connectivity index (χ0) is 11.1. The minimum Gasteiger partial charge on any atom is -0.328 e. The Kier molecular flexibility index (Phi) is 3.09. The largest absolute Gasteiger partial charge is 0.328 e. The van der Waals surface area contributed by atoms with Crippen molar-refractivity contribution in [2.45, 2.75) is 83.0 Å². The Labute approximate surface area is 94.2 Å². The first-order valence-electron chi connectivity index (χ1n) is 6.64. The van der Waals surface area contributed by atoms with Gasteiger partial charge in [-0.15, -0.1) is 0 Å². The highest BCUT2D eigenvalue weighted by Crippen LogP contribution is 2.42. The summed E-state index contributed by atoms with van der Waals surface area (Å²) in [5.74, 6) is 0. The van der Waals surface area contributed by atoms with E-state index in [-0.39, 0.29) is 0 Å². The Balaban J connectivity index is 2.17. The quantitative estimate of drug-likeness (QED) is 0.775. The van der Waals surface area contributed by atoms with Gasteiger partial charge in [0, 0.05) is 23.7 Å². The summed E-state index contributed by atoms with van der Waals surface area (Å²) in [5, 5.41) is 0. The van der Waals surface area contributed by atoms with Crippen LogP contribution in [0.5, 0.6) is 0 Å². The lowest BCUT2D eigenvalue weighted by Crippen LogP contribution is -2.57. The van der Waals surface area contributed by atoms with E-state index in [0.717, 1.165) is 12.1 Å². The van der Waals surface area contributed by atoms with Gasteiger partial charge in [-0.25, -0.2) is 0 Å². The van der Waals surface area contributed by atoms with Gasteiger partial charge in [-0.2, -0.15) is 0 Å². The fraction of sp³-hybridized carbons (Fsp3) is 1.00. The lowest BCUT2D eigenvalue weighted by Gasteiger charge is -2.49. The molecule has 0 aromatic carbocycles. The van der Waals surface area contributed by atoms with Crippen molar-refractivity contribution in [1.82, 2.24) is 4.90 Å². The molecule has 2 fully saturated rings. The monoisotopic (exact) mass is 210 g/mol. The Morgan fingerprint density at radius 1 is 1.13 bits per heavy atom. The van der Waals surface area contributed by atoms with Crippen molar-refractivity contribution >= 4 is 0 Å². The molecule has 2 atom stereocenters. The van der Waals surface area contributed by atoms with Crippen LogP contribution in [-0.4, -0.2) is 28.6 Å². The third-order valence-corrected chi connectivity index (χ3v) is 4.92. The predicted molar refractivity (Wildman–Crippen MR) is 64.8 cm³/mol. The molecule has 2 aliphatic heterocycles. The normalized spacial score (nSPS) is 37.2. The van der Waals surface area contributed by atoms with Crippen LogP contribution < -0.4 is 5.73 Å². The van der Waals surface area contributed by atoms with Crippen molar-refractivity contribution in [1.29, 1.82) is 0 Å². The summed E-state index contributed by atoms with van der Waals surface area (Å²) < 4.78 is 0. The molecule has 0 spiro atoms. The van der Waals surface area contributed by atoms with E-state index in [1.54, 1.807) is 0 Å². The molecule has 2 nitrogen and oxygen atoms in total. The number of hydrogen-bond acceptors (Lipinski definition) is 2. The Morgan fingerprint density at radius 3 is 2.00 bits per heavy atom. The number of nitrogens with zero attached hydrogens (tertiary/aromatic N) is 1. The van der Waals surface area contributed by atoms with Crippen LogP contribution in [-0.2, 0) is 0 Å². The average Bonchev–Trinajstić information content (AvgIpc) is 2.51. The van der Waals surface area contributed by atoms with Crippen LogP contribution in [0.15, 0.2) is 0 Å². The zero-order valence-corrected chi connectivity index (χ0v) is 10.5. The maximum absolute atomic E-state index is 6.12. The smallest absolute Gasteiger partial charge is 0.0182 e. The van der Waals surface area contributed by atoms with Gasteiger partial charge < -0.3 is 5.73 Å². The molecule has 0 aliphatic carbocycles. The van der Waals surface area contributed by atoms with Gasteiger partial charge in [0.25, 0.3) is 0 Å². The molecule has 0 radical (unpaired) electrons. The number of hydrogen-bond donors (Lipinski definition) is 1. The first-order chi connectivity index (χ1) is 7.10. The highest BCUT2D eigenvalue weighted by molar-refractivity contribution is 5.03. The predicted octanol–water partition coefficient (Wildman–Crippen LogP) is 2.52. The standard InChI is InChI=1S/C13H26N2/c1-4-13(3,5-2)15-11-6-7-12(15)9-10(14)8-11/h10-12H,4-9,14H2,1-3H3. The third-order valence-electron chi connectivity index (χ3n) is 4.92. The van der Waals surface area contributed by atoms with Crippen LogP contribution in [0, 0.1) is 0 Å². The van der Waals surface area contributed by atoms with E-state index in [1.807, 2.05) is 0 Å². The lowest BCUT2D eigenvalue weighted by atomic mass is 9.86. The summed E-state index contributed by atoms with van der Waals surface area (Å²) in [6.07, 6.45) is 7.76. The summed E-state index contributed by atoms with van der Waals surface area (Å²) in [4.78, 5) is 2.82. The van der Waals surface area contributed by atoms with Gasteiger partial charge in [-0.1, -0.05) is 13.8 Å². The molecule has 2 unspecified atom stereocenters. The number of piperidine rings is 1. The highest BCUT2D eigenvalue weighted by atomic mass is 15.3. The van der Waals surface area contributed by atoms with Gasteiger partial charge >= 0.3 is 0 Å². The van der Waals surface area contributed by atoms with Crippen molar-refractivity contribution in [3.05, 3.63) is 0 Å². The summed E-state index contributed by atoms with van der Waals surface area (Å²) in [7, 11) is 0. The van der Waals surface area contributed by atoms with Crippen molar-refractivity contribution in [2.75, 3.05) is 0 Å². The van der Waals surface area contributed by atoms with Crippen LogP contribution in [0.2, 0.25) is 0 Å². The molecule has 2 heteroatoms. The molecule has 15 heavy (non-hydrogen) atoms. The molecule has 2 saturated heterocycles. The summed E-state index contributed by atoms with van der Waals surface area (Å²) in [6, 6.07) is 2.03. The first kappa shape index (κ1) is 11.4. The lowest BCUT2D eigenvalue weighted by molar-refractivity contribution is 0.00948. The molecular formula is C13H26N2. The number of nitrogens with two attached hydrogens (primary N) is 1. The fourth-order valence-corrected chi connectivity index (χ4v) is 3.72. The highest BCUT2D eigenvalue weighted by Gasteiger charge is 2.46. The topological polar surface area (TPSA) is 29.3 Å². The SMILES string of the molecule is CCC(C)(CC)N1C2CCC1CC(N)C2. The van der Waals surface area contributed by atoms with Gasteiger partial charge in [-0.05, 0) is 45.4 Å². The molecule has 0 saturated carbocycles. The van der Waals surface area contributed by atoms with E-state index in [0.29, 0.717) is 11.6 Å². The van der Waals surface area contributed by atoms with E-state index < -0.39 is 0 Å². The van der Waals surface area contributed by atoms with Crippen molar-refractivity contribution in [2.24, 2.45) is 5.73 Å². The molecule has 2 rings (SSSR count). The van der Waals surface area contributed by atoms with E-state index in [1.165, 1.54) is 38.5 Å². The van der Waals surface area contributed by atoms with Crippen LogP contribution in [0.3, 0.4) is 0 Å². The van der Waals surface area contributed by atoms with Gasteiger partial charge in [-0.3, -0.25) is 4.90 Å². The maximum atomic E-state index is 6.12. The van der Waals surface area contributed by atoms with Crippen LogP contribution >= 0.6 is 0 Å². The molecule has 2 aliphatic rings. The van der Waals surface area contributed by atoms with Crippen molar-refractivity contribution in [3.63, 3.8) is 0 Å². The Morgan fingerprint density at radius 2 is 1.60 bits per heavy atom. The minimum absolute atomic E-state index is 0.423. The van der Waals surface area contributed by atoms with E-state index in [4.69, 9.17) is 5.73 Å². The van der Waals surface area contributed by atoms with Gasteiger partial charge in [0.1, 0.15) is 0 Å². The van der Waals surface area contributed by atoms with E-state index >= 15 is 0 Å². The molecular weight excluding hydrogens is 184 g/mol. The van der Waals surface area contributed by atoms with Gasteiger partial charge in [0.15, 0.2) is 0 Å². The Bertz CT molecular complexity index is 209. The molecule has 0 aromatic rings. The molecule has 88 valence electrons. The van der Waals surface area contributed by atoms with E-state index in [2.05, 4.69) is 25.7 Å². The Hall–Kier alpha value is -0.0800. The van der Waals surface area contributed by atoms with Crippen LogP contribution in [0.4, 0.5) is 0 Å². The summed E-state index contributed by atoms with van der Waals surface area (Å²) in [6.45, 7) is 7.10. The number of fused-ring (bicyclic) bond motifs is 2. The number of rotatable bonds is 3. The van der Waals surface area contributed by atoms with E-state index in [9.17, 15) is 0 Å². The molecule has 0 amide bonds. The summed E-state index contributed by atoms with van der Waals surface area (Å²) >= 11 is 0. The van der Waals surface area contributed by atoms with Gasteiger partial charge in [0.2, 0.25) is 0 Å². The molecule has 0 aromatic heterocycles.